The lowest BCUT2D eigenvalue weighted by atomic mass is 10.0. The summed E-state index contributed by atoms with van der Waals surface area (Å²) in [5.74, 6) is 0.722. The summed E-state index contributed by atoms with van der Waals surface area (Å²) < 4.78 is 17.8. The van der Waals surface area contributed by atoms with Gasteiger partial charge in [0.15, 0.2) is 5.82 Å². The van der Waals surface area contributed by atoms with Gasteiger partial charge in [-0.15, -0.1) is 0 Å². The minimum absolute atomic E-state index is 0.509. The standard InChI is InChI=1S/C46H26N4O2/c1-2-14-27(15-3-1)42-45(47-43-32-20-8-13-25-38(32)52-46(43)48-42)50-35-23-11-6-18-30(35)40-36(50)26-39-41(31-19-7-12-24-37(31)51-39)44(40)49-33-21-9-4-16-28(33)29-17-5-10-22-34(29)49/h1-26H. The number of hydrogen-bond donors (Lipinski definition) is 0. The smallest absolute Gasteiger partial charge is 0.247 e. The van der Waals surface area contributed by atoms with Crippen molar-refractivity contribution < 1.29 is 8.83 Å². The molecule has 0 spiro atoms. The van der Waals surface area contributed by atoms with Gasteiger partial charge in [0, 0.05) is 43.9 Å². The van der Waals surface area contributed by atoms with Crippen LogP contribution in [0.25, 0.3) is 111 Å². The van der Waals surface area contributed by atoms with Crippen molar-refractivity contribution in [2.45, 2.75) is 0 Å². The van der Waals surface area contributed by atoms with Gasteiger partial charge < -0.3 is 13.4 Å². The summed E-state index contributed by atoms with van der Waals surface area (Å²) in [6.07, 6.45) is 0. The molecule has 52 heavy (non-hydrogen) atoms. The number of para-hydroxylation sites is 5. The van der Waals surface area contributed by atoms with E-state index in [1.165, 1.54) is 10.8 Å². The Hall–Kier alpha value is -7.18. The van der Waals surface area contributed by atoms with Crippen LogP contribution in [0.1, 0.15) is 0 Å². The van der Waals surface area contributed by atoms with Gasteiger partial charge in [-0.25, -0.2) is 9.97 Å². The van der Waals surface area contributed by atoms with Crippen molar-refractivity contribution in [3.8, 4) is 22.8 Å². The van der Waals surface area contributed by atoms with Crippen LogP contribution in [0.15, 0.2) is 167 Å². The first-order valence-electron chi connectivity index (χ1n) is 17.4. The number of benzene rings is 7. The van der Waals surface area contributed by atoms with Gasteiger partial charge in [-0.1, -0.05) is 115 Å². The highest BCUT2D eigenvalue weighted by molar-refractivity contribution is 6.25. The Kier molecular flexibility index (Phi) is 5.41. The van der Waals surface area contributed by atoms with Crippen molar-refractivity contribution in [3.05, 3.63) is 158 Å². The number of aromatic nitrogens is 4. The van der Waals surface area contributed by atoms with Crippen LogP contribution in [0, 0.1) is 0 Å². The van der Waals surface area contributed by atoms with E-state index >= 15 is 0 Å². The van der Waals surface area contributed by atoms with E-state index in [1.807, 2.05) is 48.5 Å². The summed E-state index contributed by atoms with van der Waals surface area (Å²) in [6.45, 7) is 0. The molecular weight excluding hydrogens is 641 g/mol. The number of nitrogens with zero attached hydrogens (tertiary/aromatic N) is 4. The molecule has 5 aromatic heterocycles. The Morgan fingerprint density at radius 2 is 0.962 bits per heavy atom. The van der Waals surface area contributed by atoms with E-state index in [-0.39, 0.29) is 0 Å². The minimum Gasteiger partial charge on any atom is -0.456 e. The highest BCUT2D eigenvalue weighted by Crippen LogP contribution is 2.47. The molecule has 0 unspecified atom stereocenters. The summed E-state index contributed by atoms with van der Waals surface area (Å²) >= 11 is 0. The number of furan rings is 2. The lowest BCUT2D eigenvalue weighted by Crippen LogP contribution is -2.03. The number of hydrogen-bond acceptors (Lipinski definition) is 4. The van der Waals surface area contributed by atoms with Crippen LogP contribution in [0.4, 0.5) is 0 Å². The second-order valence-corrected chi connectivity index (χ2v) is 13.3. The fraction of sp³-hybridized carbons (Fsp3) is 0. The SMILES string of the molecule is c1ccc(-c2nc3oc4ccccc4c3nc2-n2c3ccccc3c3c(-n4c5ccccc5c5ccccc54)c4c(cc32)oc2ccccc24)cc1. The third kappa shape index (κ3) is 3.62. The van der Waals surface area contributed by atoms with Gasteiger partial charge in [0.1, 0.15) is 28.0 Å². The molecule has 6 nitrogen and oxygen atoms in total. The van der Waals surface area contributed by atoms with Crippen LogP contribution in [0.3, 0.4) is 0 Å². The molecule has 12 rings (SSSR count). The van der Waals surface area contributed by atoms with Crippen LogP contribution >= 0.6 is 0 Å². The number of rotatable bonds is 3. The predicted octanol–water partition coefficient (Wildman–Crippen LogP) is 12.1. The van der Waals surface area contributed by atoms with E-state index in [9.17, 15) is 0 Å². The first-order chi connectivity index (χ1) is 25.8. The molecule has 7 aromatic carbocycles. The van der Waals surface area contributed by atoms with Crippen molar-refractivity contribution in [3.63, 3.8) is 0 Å². The maximum absolute atomic E-state index is 6.76. The van der Waals surface area contributed by atoms with Gasteiger partial charge >= 0.3 is 0 Å². The van der Waals surface area contributed by atoms with E-state index < -0.39 is 0 Å². The second kappa shape index (κ2) is 10.2. The largest absolute Gasteiger partial charge is 0.456 e. The molecule has 0 aliphatic heterocycles. The van der Waals surface area contributed by atoms with Crippen LogP contribution in [0.2, 0.25) is 0 Å². The van der Waals surface area contributed by atoms with E-state index in [2.05, 4.69) is 118 Å². The van der Waals surface area contributed by atoms with E-state index in [1.54, 1.807) is 0 Å². The Morgan fingerprint density at radius 3 is 1.67 bits per heavy atom. The van der Waals surface area contributed by atoms with E-state index in [4.69, 9.17) is 18.8 Å². The van der Waals surface area contributed by atoms with Crippen molar-refractivity contribution in [2.24, 2.45) is 0 Å². The van der Waals surface area contributed by atoms with Crippen molar-refractivity contribution in [2.75, 3.05) is 0 Å². The molecule has 0 saturated heterocycles. The lowest BCUT2D eigenvalue weighted by molar-refractivity contribution is 0.653. The zero-order valence-corrected chi connectivity index (χ0v) is 27.6. The van der Waals surface area contributed by atoms with Gasteiger partial charge in [-0.3, -0.25) is 4.57 Å². The zero-order chi connectivity index (χ0) is 33.9. The third-order valence-corrected chi connectivity index (χ3v) is 10.5. The summed E-state index contributed by atoms with van der Waals surface area (Å²) in [5, 5.41) is 7.70. The van der Waals surface area contributed by atoms with Gasteiger partial charge in [0.05, 0.1) is 33.1 Å². The lowest BCUT2D eigenvalue weighted by Gasteiger charge is -2.14. The Balaban J connectivity index is 1.33. The molecule has 242 valence electrons. The van der Waals surface area contributed by atoms with Crippen LogP contribution < -0.4 is 0 Å². The maximum atomic E-state index is 6.76. The third-order valence-electron chi connectivity index (χ3n) is 10.5. The summed E-state index contributed by atoms with van der Waals surface area (Å²) in [4.78, 5) is 10.7. The van der Waals surface area contributed by atoms with Crippen molar-refractivity contribution in [1.82, 2.24) is 19.1 Å². The number of fused-ring (bicyclic) bond motifs is 12. The average molecular weight is 667 g/mol. The van der Waals surface area contributed by atoms with Crippen molar-refractivity contribution in [1.29, 1.82) is 0 Å². The van der Waals surface area contributed by atoms with E-state index in [0.29, 0.717) is 5.71 Å². The Labute approximate surface area is 295 Å². The van der Waals surface area contributed by atoms with Crippen LogP contribution in [0.5, 0.6) is 0 Å². The molecule has 12 aromatic rings. The molecule has 0 radical (unpaired) electrons. The Morgan fingerprint density at radius 1 is 0.404 bits per heavy atom. The van der Waals surface area contributed by atoms with E-state index in [0.717, 1.165) is 94.0 Å². The molecule has 0 aliphatic rings. The highest BCUT2D eigenvalue weighted by Gasteiger charge is 2.27. The fourth-order valence-electron chi connectivity index (χ4n) is 8.38. The first-order valence-corrected chi connectivity index (χ1v) is 17.4. The van der Waals surface area contributed by atoms with Crippen LogP contribution in [-0.4, -0.2) is 19.1 Å². The minimum atomic E-state index is 0.509. The van der Waals surface area contributed by atoms with Crippen molar-refractivity contribution >= 4 is 87.7 Å². The average Bonchev–Trinajstić information content (AvgIpc) is 3.94. The van der Waals surface area contributed by atoms with Gasteiger partial charge in [-0.2, -0.15) is 0 Å². The molecule has 0 aliphatic carbocycles. The molecule has 0 bridgehead atoms. The van der Waals surface area contributed by atoms with Gasteiger partial charge in [0.25, 0.3) is 0 Å². The summed E-state index contributed by atoms with van der Waals surface area (Å²) in [6, 6.07) is 54.8. The van der Waals surface area contributed by atoms with Crippen LogP contribution in [-0.2, 0) is 0 Å². The Bertz CT molecular complexity index is 3360. The quantitative estimate of drug-likeness (QED) is 0.188. The topological polar surface area (TPSA) is 61.9 Å². The normalized spacial score (nSPS) is 12.2. The zero-order valence-electron chi connectivity index (χ0n) is 27.6. The monoisotopic (exact) mass is 666 g/mol. The molecule has 0 N–H and O–H groups in total. The maximum Gasteiger partial charge on any atom is 0.247 e. The summed E-state index contributed by atoms with van der Waals surface area (Å²) in [5.41, 5.74) is 10.7. The fourth-order valence-corrected chi connectivity index (χ4v) is 8.38. The second-order valence-electron chi connectivity index (χ2n) is 13.3. The molecule has 5 heterocycles. The molecule has 0 fully saturated rings. The summed E-state index contributed by atoms with van der Waals surface area (Å²) in [7, 11) is 0. The molecule has 0 atom stereocenters. The molecule has 0 amide bonds. The van der Waals surface area contributed by atoms with Gasteiger partial charge in [0.2, 0.25) is 5.71 Å². The predicted molar refractivity (Wildman–Crippen MR) is 211 cm³/mol. The molecule has 6 heteroatoms. The highest BCUT2D eigenvalue weighted by atomic mass is 16.3. The first kappa shape index (κ1) is 27.6. The molecular formula is C46H26N4O2. The molecule has 0 saturated carbocycles. The van der Waals surface area contributed by atoms with Gasteiger partial charge in [-0.05, 0) is 36.4 Å².